The number of hydrogen-bond donors (Lipinski definition) is 1. The van der Waals surface area contributed by atoms with Crippen LogP contribution in [0.2, 0.25) is 0 Å². The van der Waals surface area contributed by atoms with Crippen molar-refractivity contribution in [2.75, 3.05) is 73.5 Å². The van der Waals surface area contributed by atoms with E-state index in [9.17, 15) is 9.90 Å². The highest BCUT2D eigenvalue weighted by Crippen LogP contribution is 2.70. The molecule has 0 aromatic heterocycles. The Morgan fingerprint density at radius 1 is 1.03 bits per heavy atom. The third-order valence-corrected chi connectivity index (χ3v) is 7.25. The van der Waals surface area contributed by atoms with E-state index in [4.69, 9.17) is 28.7 Å². The Labute approximate surface area is 220 Å². The van der Waals surface area contributed by atoms with E-state index in [2.05, 4.69) is 34.6 Å². The molecule has 0 radical (unpaired) electrons. The second-order valence-corrected chi connectivity index (χ2v) is 11.3. The number of methoxy groups -OCH3 is 1. The smallest absolute Gasteiger partial charge is 0.322 e. The fraction of sp³-hybridized carbons (Fsp3) is 0.741. The van der Waals surface area contributed by atoms with Crippen LogP contribution in [-0.2, 0) is 34.4 Å². The van der Waals surface area contributed by atoms with Crippen molar-refractivity contribution in [1.29, 1.82) is 0 Å². The summed E-state index contributed by atoms with van der Waals surface area (Å²) in [5.41, 5.74) is -2.16. The van der Waals surface area contributed by atoms with Crippen LogP contribution in [0.5, 0.6) is 5.75 Å². The molecule has 1 aromatic carbocycles. The molecule has 2 fully saturated rings. The van der Waals surface area contributed by atoms with Gasteiger partial charge in [0.1, 0.15) is 5.75 Å². The lowest BCUT2D eigenvalue weighted by molar-refractivity contribution is -0.603. The predicted octanol–water partition coefficient (Wildman–Crippen LogP) is 3.38. The van der Waals surface area contributed by atoms with Gasteiger partial charge >= 0.3 is 6.03 Å². The number of nitrogens with zero attached hydrogens (tertiary/aromatic N) is 2. The standard InChI is InChI=1S/C27H44N2O8/c1-24(2,3)27-25(4,5)20-29(26(27,36-37-27)21-9-8-10-22(30)19-21)23(31)28(6)11-12-33-15-16-35-18-17-34-14-13-32-7/h8-10,19,30H,11-18,20H2,1-7H3/t26-,27-/m0/s1. The lowest BCUT2D eigenvalue weighted by Gasteiger charge is -2.63. The van der Waals surface area contributed by atoms with Crippen molar-refractivity contribution >= 4 is 6.03 Å². The van der Waals surface area contributed by atoms with Crippen LogP contribution in [0.3, 0.4) is 0 Å². The van der Waals surface area contributed by atoms with E-state index in [1.54, 1.807) is 42.2 Å². The van der Waals surface area contributed by atoms with E-state index in [-0.39, 0.29) is 17.2 Å². The minimum Gasteiger partial charge on any atom is -0.508 e. The number of urea groups is 1. The van der Waals surface area contributed by atoms with Crippen LogP contribution >= 0.6 is 0 Å². The molecule has 37 heavy (non-hydrogen) atoms. The van der Waals surface area contributed by atoms with Gasteiger partial charge in [-0.2, -0.15) is 4.89 Å². The monoisotopic (exact) mass is 524 g/mol. The van der Waals surface area contributed by atoms with Crippen molar-refractivity contribution in [3.05, 3.63) is 29.8 Å². The van der Waals surface area contributed by atoms with Gasteiger partial charge in [-0.15, -0.1) is 0 Å². The first-order valence-electron chi connectivity index (χ1n) is 12.9. The summed E-state index contributed by atoms with van der Waals surface area (Å²) in [5, 5.41) is 10.3. The molecule has 2 saturated heterocycles. The molecule has 2 heterocycles. The van der Waals surface area contributed by atoms with Crippen molar-refractivity contribution in [3.63, 3.8) is 0 Å². The number of likely N-dealkylation sites (tertiary alicyclic amines) is 1. The maximum absolute atomic E-state index is 13.8. The largest absolute Gasteiger partial charge is 0.508 e. The first kappa shape index (κ1) is 29.6. The molecular formula is C27H44N2O8. The van der Waals surface area contributed by atoms with Crippen LogP contribution in [0.15, 0.2) is 24.3 Å². The summed E-state index contributed by atoms with van der Waals surface area (Å²) in [6, 6.07) is 6.69. The van der Waals surface area contributed by atoms with E-state index in [1.165, 1.54) is 0 Å². The van der Waals surface area contributed by atoms with E-state index in [1.807, 2.05) is 6.07 Å². The molecule has 0 unspecified atom stereocenters. The Morgan fingerprint density at radius 2 is 1.62 bits per heavy atom. The van der Waals surface area contributed by atoms with Crippen molar-refractivity contribution in [2.45, 2.75) is 45.9 Å². The van der Waals surface area contributed by atoms with Crippen molar-refractivity contribution in [2.24, 2.45) is 10.8 Å². The number of phenols is 1. The minimum atomic E-state index is -1.18. The van der Waals surface area contributed by atoms with Gasteiger partial charge in [0.25, 0.3) is 0 Å². The highest BCUT2D eigenvalue weighted by molar-refractivity contribution is 5.76. The second-order valence-electron chi connectivity index (χ2n) is 11.3. The lowest BCUT2D eigenvalue weighted by atomic mass is 9.57. The van der Waals surface area contributed by atoms with Crippen LogP contribution in [0.4, 0.5) is 4.79 Å². The number of carbonyl (C=O) groups excluding carboxylic acids is 1. The van der Waals surface area contributed by atoms with Gasteiger partial charge in [0.15, 0.2) is 5.60 Å². The highest BCUT2D eigenvalue weighted by Gasteiger charge is 2.83. The molecule has 0 spiro atoms. The summed E-state index contributed by atoms with van der Waals surface area (Å²) in [5.74, 6) is 0.104. The van der Waals surface area contributed by atoms with Gasteiger partial charge in [-0.3, -0.25) is 4.90 Å². The van der Waals surface area contributed by atoms with Gasteiger partial charge in [-0.25, -0.2) is 9.68 Å². The Kier molecular flexibility index (Phi) is 9.47. The summed E-state index contributed by atoms with van der Waals surface area (Å²) in [6.45, 7) is 14.6. The number of ether oxygens (including phenoxy) is 4. The van der Waals surface area contributed by atoms with Gasteiger partial charge in [0.05, 0.1) is 46.2 Å². The van der Waals surface area contributed by atoms with E-state index in [0.29, 0.717) is 64.9 Å². The maximum atomic E-state index is 13.8. The molecule has 10 nitrogen and oxygen atoms in total. The number of aromatic hydroxyl groups is 1. The van der Waals surface area contributed by atoms with Gasteiger partial charge in [-0.05, 0) is 12.1 Å². The number of likely N-dealkylation sites (N-methyl/N-ethyl adjacent to an activating group) is 1. The zero-order chi connectivity index (χ0) is 27.3. The van der Waals surface area contributed by atoms with Gasteiger partial charge in [0, 0.05) is 43.6 Å². The van der Waals surface area contributed by atoms with Crippen LogP contribution < -0.4 is 0 Å². The molecule has 0 aliphatic carbocycles. The molecule has 2 aliphatic heterocycles. The van der Waals surface area contributed by atoms with Crippen molar-refractivity contribution < 1.29 is 38.6 Å². The molecule has 210 valence electrons. The summed E-state index contributed by atoms with van der Waals surface area (Å²) in [4.78, 5) is 29.1. The number of phenolic OH excluding ortho intramolecular Hbond substituents is 1. The Bertz CT molecular complexity index is 905. The number of fused-ring (bicyclic) bond motifs is 1. The summed E-state index contributed by atoms with van der Waals surface area (Å²) in [6.07, 6.45) is 0. The molecule has 10 heteroatoms. The Morgan fingerprint density at radius 3 is 2.14 bits per heavy atom. The zero-order valence-corrected chi connectivity index (χ0v) is 23.4. The van der Waals surface area contributed by atoms with Crippen molar-refractivity contribution in [1.82, 2.24) is 9.80 Å². The number of benzene rings is 1. The Balaban J connectivity index is 1.62. The normalized spacial score (nSPS) is 24.6. The van der Waals surface area contributed by atoms with Crippen molar-refractivity contribution in [3.8, 4) is 5.75 Å². The second kappa shape index (κ2) is 11.8. The van der Waals surface area contributed by atoms with E-state index in [0.717, 1.165) is 0 Å². The van der Waals surface area contributed by atoms with Gasteiger partial charge < -0.3 is 29.0 Å². The zero-order valence-electron chi connectivity index (χ0n) is 23.4. The van der Waals surface area contributed by atoms with Crippen LogP contribution in [0.1, 0.15) is 40.2 Å². The fourth-order valence-electron chi connectivity index (χ4n) is 5.79. The molecule has 1 N–H and O–H groups in total. The predicted molar refractivity (Wildman–Crippen MR) is 137 cm³/mol. The number of amides is 2. The maximum Gasteiger partial charge on any atom is 0.322 e. The fourth-order valence-corrected chi connectivity index (χ4v) is 5.79. The average Bonchev–Trinajstić information content (AvgIpc) is 2.94. The number of hydrogen-bond acceptors (Lipinski definition) is 8. The quantitative estimate of drug-likeness (QED) is 0.310. The van der Waals surface area contributed by atoms with E-state index >= 15 is 0 Å². The molecule has 2 aliphatic rings. The third-order valence-electron chi connectivity index (χ3n) is 7.25. The first-order valence-corrected chi connectivity index (χ1v) is 12.9. The third kappa shape index (κ3) is 5.46. The topological polar surface area (TPSA) is 99.2 Å². The van der Waals surface area contributed by atoms with E-state index < -0.39 is 16.7 Å². The minimum absolute atomic E-state index is 0.104. The lowest BCUT2D eigenvalue weighted by Crippen LogP contribution is -2.76. The van der Waals surface area contributed by atoms with Crippen LogP contribution in [0, 0.1) is 10.8 Å². The SMILES string of the molecule is COCCOCCOCCOCCN(C)C(=O)N1CC(C)(C)[C@]2(C(C)(C)C)OO[C@]12c1cccc(O)c1. The molecular weight excluding hydrogens is 480 g/mol. The molecule has 1 aromatic rings. The molecule has 2 amide bonds. The molecule has 0 saturated carbocycles. The first-order chi connectivity index (χ1) is 17.4. The summed E-state index contributed by atoms with van der Waals surface area (Å²) >= 11 is 0. The highest BCUT2D eigenvalue weighted by atomic mass is 17.3. The number of carbonyl (C=O) groups is 1. The molecule has 2 atom stereocenters. The average molecular weight is 525 g/mol. The van der Waals surface area contributed by atoms with Gasteiger partial charge in [-0.1, -0.05) is 46.8 Å². The van der Waals surface area contributed by atoms with Gasteiger partial charge in [0.2, 0.25) is 5.72 Å². The molecule has 0 bridgehead atoms. The number of rotatable bonds is 13. The summed E-state index contributed by atoms with van der Waals surface area (Å²) < 4.78 is 21.4. The van der Waals surface area contributed by atoms with Crippen LogP contribution in [0.25, 0.3) is 0 Å². The van der Waals surface area contributed by atoms with Crippen LogP contribution in [-0.4, -0.2) is 100 Å². The molecule has 3 rings (SSSR count). The Hall–Kier alpha value is -1.95. The summed E-state index contributed by atoms with van der Waals surface area (Å²) in [7, 11) is 3.38.